The predicted molar refractivity (Wildman–Crippen MR) is 81.2 cm³/mol. The fourth-order valence-corrected chi connectivity index (χ4v) is 2.77. The minimum Gasteiger partial charge on any atom is -0.393 e. The Morgan fingerprint density at radius 3 is 2.81 bits per heavy atom. The van der Waals surface area contributed by atoms with E-state index in [4.69, 9.17) is 11.6 Å². The fourth-order valence-electron chi connectivity index (χ4n) is 2.59. The summed E-state index contributed by atoms with van der Waals surface area (Å²) in [6.45, 7) is 1.49. The Bertz CT molecular complexity index is 683. The van der Waals surface area contributed by atoms with E-state index in [1.54, 1.807) is 12.3 Å². The number of hydrogen-bond donors (Lipinski definition) is 2. The molecule has 6 heteroatoms. The summed E-state index contributed by atoms with van der Waals surface area (Å²) in [6, 6.07) is 7.66. The normalized spacial score (nSPS) is 16.0. The van der Waals surface area contributed by atoms with E-state index in [2.05, 4.69) is 20.9 Å². The minimum absolute atomic E-state index is 0.236. The van der Waals surface area contributed by atoms with E-state index in [9.17, 15) is 10.4 Å². The van der Waals surface area contributed by atoms with Gasteiger partial charge in [-0.1, -0.05) is 11.6 Å². The van der Waals surface area contributed by atoms with Crippen LogP contribution in [0.1, 0.15) is 18.4 Å². The number of anilines is 1. The topological polar surface area (TPSA) is 75.9 Å². The highest BCUT2D eigenvalue weighted by atomic mass is 35.5. The van der Waals surface area contributed by atoms with Crippen molar-refractivity contribution in [1.82, 2.24) is 9.97 Å². The number of H-pyrrole nitrogens is 1. The summed E-state index contributed by atoms with van der Waals surface area (Å²) in [6.07, 6.45) is 2.85. The van der Waals surface area contributed by atoms with Gasteiger partial charge in [-0.2, -0.15) is 5.26 Å². The van der Waals surface area contributed by atoms with Crippen molar-refractivity contribution in [1.29, 1.82) is 5.26 Å². The van der Waals surface area contributed by atoms with E-state index in [0.29, 0.717) is 10.7 Å². The van der Waals surface area contributed by atoms with Gasteiger partial charge in [0.2, 0.25) is 0 Å². The van der Waals surface area contributed by atoms with Crippen LogP contribution in [0.4, 0.5) is 5.82 Å². The van der Waals surface area contributed by atoms with E-state index in [1.165, 1.54) is 0 Å². The number of piperidine rings is 1. The standard InChI is InChI=1S/C15H15ClN4O/c16-14-8-10(1-4-18-14)13-7-11(9-17)15(19-13)20-5-2-12(21)3-6-20/h1,4,7-8,12,19,21H,2-3,5-6H2. The van der Waals surface area contributed by atoms with Crippen LogP contribution in [0.25, 0.3) is 11.3 Å². The largest absolute Gasteiger partial charge is 0.393 e. The first-order valence-electron chi connectivity index (χ1n) is 6.85. The van der Waals surface area contributed by atoms with Crippen molar-refractivity contribution in [3.63, 3.8) is 0 Å². The van der Waals surface area contributed by atoms with E-state index in [0.717, 1.165) is 43.0 Å². The molecule has 0 saturated carbocycles. The van der Waals surface area contributed by atoms with Gasteiger partial charge < -0.3 is 15.0 Å². The number of rotatable bonds is 2. The molecule has 0 atom stereocenters. The van der Waals surface area contributed by atoms with E-state index in [-0.39, 0.29) is 6.10 Å². The molecule has 21 heavy (non-hydrogen) atoms. The monoisotopic (exact) mass is 302 g/mol. The van der Waals surface area contributed by atoms with Gasteiger partial charge in [-0.15, -0.1) is 0 Å². The molecule has 108 valence electrons. The molecule has 2 N–H and O–H groups in total. The average molecular weight is 303 g/mol. The van der Waals surface area contributed by atoms with Gasteiger partial charge >= 0.3 is 0 Å². The highest BCUT2D eigenvalue weighted by molar-refractivity contribution is 6.29. The van der Waals surface area contributed by atoms with Crippen molar-refractivity contribution < 1.29 is 5.11 Å². The number of aromatic amines is 1. The highest BCUT2D eigenvalue weighted by Crippen LogP contribution is 2.29. The van der Waals surface area contributed by atoms with Crippen LogP contribution in [0.15, 0.2) is 24.4 Å². The summed E-state index contributed by atoms with van der Waals surface area (Å²) in [5, 5.41) is 19.3. The molecule has 0 spiro atoms. The van der Waals surface area contributed by atoms with Gasteiger partial charge in [0.25, 0.3) is 0 Å². The summed E-state index contributed by atoms with van der Waals surface area (Å²) in [7, 11) is 0. The van der Waals surface area contributed by atoms with Crippen molar-refractivity contribution in [2.45, 2.75) is 18.9 Å². The molecule has 1 aliphatic rings. The zero-order chi connectivity index (χ0) is 14.8. The van der Waals surface area contributed by atoms with Gasteiger partial charge in [-0.25, -0.2) is 4.98 Å². The molecule has 3 rings (SSSR count). The molecular weight excluding hydrogens is 288 g/mol. The Morgan fingerprint density at radius 1 is 1.38 bits per heavy atom. The van der Waals surface area contributed by atoms with Crippen molar-refractivity contribution >= 4 is 17.4 Å². The van der Waals surface area contributed by atoms with E-state index >= 15 is 0 Å². The number of aliphatic hydroxyl groups is 1. The Labute approximate surface area is 127 Å². The number of pyridine rings is 1. The third-order valence-corrected chi connectivity index (χ3v) is 3.94. The summed E-state index contributed by atoms with van der Waals surface area (Å²) in [5.41, 5.74) is 2.35. The van der Waals surface area contributed by atoms with Crippen LogP contribution < -0.4 is 4.90 Å². The van der Waals surface area contributed by atoms with Gasteiger partial charge in [0, 0.05) is 30.5 Å². The molecule has 2 aromatic rings. The molecule has 3 heterocycles. The summed E-state index contributed by atoms with van der Waals surface area (Å²) < 4.78 is 0. The second kappa shape index (κ2) is 5.76. The number of nitrogens with one attached hydrogen (secondary N) is 1. The van der Waals surface area contributed by atoms with Crippen LogP contribution in [0.3, 0.4) is 0 Å². The van der Waals surface area contributed by atoms with Crippen molar-refractivity contribution in [3.8, 4) is 17.3 Å². The molecule has 2 aromatic heterocycles. The predicted octanol–water partition coefficient (Wildman–Crippen LogP) is 2.56. The molecule has 0 unspecified atom stereocenters. The first-order chi connectivity index (χ1) is 10.2. The molecule has 0 bridgehead atoms. The van der Waals surface area contributed by atoms with Crippen molar-refractivity contribution in [2.24, 2.45) is 0 Å². The number of hydrogen-bond acceptors (Lipinski definition) is 4. The van der Waals surface area contributed by atoms with Crippen LogP contribution in [0.2, 0.25) is 5.15 Å². The third kappa shape index (κ3) is 2.87. The first-order valence-corrected chi connectivity index (χ1v) is 7.23. The lowest BCUT2D eigenvalue weighted by atomic mass is 10.1. The lowest BCUT2D eigenvalue weighted by Gasteiger charge is -2.30. The molecule has 0 aliphatic carbocycles. The number of halogens is 1. The van der Waals surface area contributed by atoms with Gasteiger partial charge in [0.1, 0.15) is 17.0 Å². The molecule has 1 fully saturated rings. The second-order valence-electron chi connectivity index (χ2n) is 5.14. The zero-order valence-electron chi connectivity index (χ0n) is 11.4. The Hall–Kier alpha value is -2.03. The maximum absolute atomic E-state index is 9.59. The van der Waals surface area contributed by atoms with Crippen LogP contribution in [0.5, 0.6) is 0 Å². The van der Waals surface area contributed by atoms with Gasteiger partial charge in [-0.3, -0.25) is 0 Å². The second-order valence-corrected chi connectivity index (χ2v) is 5.53. The minimum atomic E-state index is -0.236. The Balaban J connectivity index is 1.94. The van der Waals surface area contributed by atoms with Gasteiger partial charge in [0.15, 0.2) is 0 Å². The first kappa shape index (κ1) is 13.9. The van der Waals surface area contributed by atoms with Gasteiger partial charge in [0.05, 0.1) is 11.7 Å². The van der Waals surface area contributed by atoms with Crippen molar-refractivity contribution in [2.75, 3.05) is 18.0 Å². The molecule has 5 nitrogen and oxygen atoms in total. The summed E-state index contributed by atoms with van der Waals surface area (Å²) in [5.74, 6) is 0.812. The van der Waals surface area contributed by atoms with Crippen LogP contribution in [-0.4, -0.2) is 34.3 Å². The smallest absolute Gasteiger partial charge is 0.129 e. The third-order valence-electron chi connectivity index (χ3n) is 3.74. The van der Waals surface area contributed by atoms with Crippen molar-refractivity contribution in [3.05, 3.63) is 35.1 Å². The molecule has 0 aromatic carbocycles. The number of nitriles is 1. The quantitative estimate of drug-likeness (QED) is 0.836. The molecule has 0 amide bonds. The van der Waals surface area contributed by atoms with E-state index in [1.807, 2.05) is 12.1 Å². The lowest BCUT2D eigenvalue weighted by molar-refractivity contribution is 0.145. The SMILES string of the molecule is N#Cc1cc(-c2ccnc(Cl)c2)[nH]c1N1CCC(O)CC1. The van der Waals surface area contributed by atoms with Gasteiger partial charge in [-0.05, 0) is 31.0 Å². The molecule has 1 aliphatic heterocycles. The molecule has 0 radical (unpaired) electrons. The molecular formula is C15H15ClN4O. The number of aromatic nitrogens is 2. The fraction of sp³-hybridized carbons (Fsp3) is 0.333. The van der Waals surface area contributed by atoms with Crippen LogP contribution >= 0.6 is 11.6 Å². The maximum atomic E-state index is 9.59. The Kier molecular flexibility index (Phi) is 3.82. The summed E-state index contributed by atoms with van der Waals surface area (Å²) >= 11 is 5.91. The maximum Gasteiger partial charge on any atom is 0.129 e. The van der Waals surface area contributed by atoms with Crippen LogP contribution in [0, 0.1) is 11.3 Å². The highest BCUT2D eigenvalue weighted by Gasteiger charge is 2.21. The molecule has 1 saturated heterocycles. The average Bonchev–Trinajstić information content (AvgIpc) is 2.92. The van der Waals surface area contributed by atoms with Crippen LogP contribution in [-0.2, 0) is 0 Å². The summed E-state index contributed by atoms with van der Waals surface area (Å²) in [4.78, 5) is 9.37. The Morgan fingerprint density at radius 2 is 2.14 bits per heavy atom. The lowest BCUT2D eigenvalue weighted by Crippen LogP contribution is -2.36. The number of nitrogens with zero attached hydrogens (tertiary/aromatic N) is 3. The zero-order valence-corrected chi connectivity index (χ0v) is 12.1. The number of aliphatic hydroxyl groups excluding tert-OH is 1. The van der Waals surface area contributed by atoms with E-state index < -0.39 is 0 Å².